The van der Waals surface area contributed by atoms with Crippen molar-refractivity contribution in [2.75, 3.05) is 0 Å². The summed E-state index contributed by atoms with van der Waals surface area (Å²) in [7, 11) is 0. The molecule has 1 aromatic carbocycles. The molecular formula is C22H29F3N2O2. The number of aryl methyl sites for hydroxylation is 1. The molecule has 0 unspecified atom stereocenters. The summed E-state index contributed by atoms with van der Waals surface area (Å²) in [5.74, 6) is -2.27. The summed E-state index contributed by atoms with van der Waals surface area (Å²) in [4.78, 5) is 24.5. The van der Waals surface area contributed by atoms with Crippen LogP contribution >= 0.6 is 0 Å². The minimum Gasteiger partial charge on any atom is -0.302 e. The normalized spacial score (nSPS) is 19.6. The van der Waals surface area contributed by atoms with E-state index in [2.05, 4.69) is 10.9 Å². The molecule has 0 aromatic heterocycles. The Morgan fingerprint density at radius 2 is 1.48 bits per heavy atom. The summed E-state index contributed by atoms with van der Waals surface area (Å²) < 4.78 is 39.5. The number of amides is 1. The van der Waals surface area contributed by atoms with Gasteiger partial charge in [-0.3, -0.25) is 15.0 Å². The lowest BCUT2D eigenvalue weighted by molar-refractivity contribution is -0.166. The van der Waals surface area contributed by atoms with Crippen LogP contribution in [0.1, 0.15) is 80.1 Å². The summed E-state index contributed by atoms with van der Waals surface area (Å²) in [5.41, 5.74) is 6.34. The van der Waals surface area contributed by atoms with Crippen molar-refractivity contribution in [2.24, 2.45) is 0 Å². The first-order chi connectivity index (χ1) is 13.8. The number of halogens is 3. The number of carbonyl (C=O) groups excluding carboxylic acids is 2. The second kappa shape index (κ2) is 11.0. The first-order valence-electron chi connectivity index (χ1n) is 10.3. The summed E-state index contributed by atoms with van der Waals surface area (Å²) in [5, 5.41) is 0. The van der Waals surface area contributed by atoms with E-state index >= 15 is 0 Å². The summed E-state index contributed by atoms with van der Waals surface area (Å²) in [6.45, 7) is 1.85. The number of rotatable bonds is 4. The minimum atomic E-state index is -4.93. The number of alkyl halides is 3. The number of hydrogen-bond acceptors (Lipinski definition) is 3. The number of carbonyl (C=O) groups is 2. The highest BCUT2D eigenvalue weighted by atomic mass is 19.4. The second-order valence-electron chi connectivity index (χ2n) is 7.56. The van der Waals surface area contributed by atoms with Crippen LogP contribution in [0.3, 0.4) is 0 Å². The molecule has 0 aliphatic heterocycles. The Hall–Kier alpha value is -2.31. The molecule has 2 rings (SSSR count). The maximum absolute atomic E-state index is 13.2. The van der Waals surface area contributed by atoms with Crippen molar-refractivity contribution in [3.63, 3.8) is 0 Å². The molecule has 0 saturated heterocycles. The van der Waals surface area contributed by atoms with Gasteiger partial charge in [0.25, 0.3) is 11.7 Å². The predicted molar refractivity (Wildman–Crippen MR) is 106 cm³/mol. The molecule has 1 aromatic rings. The van der Waals surface area contributed by atoms with Crippen LogP contribution in [0.2, 0.25) is 0 Å². The first-order valence-corrected chi connectivity index (χ1v) is 10.3. The van der Waals surface area contributed by atoms with Crippen LogP contribution in [0.5, 0.6) is 0 Å². The van der Waals surface area contributed by atoms with E-state index < -0.39 is 17.9 Å². The Kier molecular flexibility index (Phi) is 8.73. The van der Waals surface area contributed by atoms with E-state index in [0.29, 0.717) is 24.8 Å². The summed E-state index contributed by atoms with van der Waals surface area (Å²) >= 11 is 0. The topological polar surface area (TPSA) is 58.2 Å². The van der Waals surface area contributed by atoms with Crippen molar-refractivity contribution in [2.45, 2.75) is 77.3 Å². The maximum Gasteiger partial charge on any atom is 0.454 e. The third-order valence-electron chi connectivity index (χ3n) is 5.11. The molecule has 0 heterocycles. The molecule has 1 aliphatic rings. The molecule has 0 spiro atoms. The Bertz CT molecular complexity index is 742. The molecular weight excluding hydrogens is 381 g/mol. The monoisotopic (exact) mass is 410 g/mol. The number of benzene rings is 1. The predicted octanol–water partition coefficient (Wildman–Crippen LogP) is 5.53. The van der Waals surface area contributed by atoms with Crippen LogP contribution in [-0.2, 0) is 4.79 Å². The SMILES string of the molecule is Cc1cccc(C(=O)NN/C2=C(\C(=O)C(F)(F)F)CCCCCCCCCC2)c1. The van der Waals surface area contributed by atoms with Gasteiger partial charge < -0.3 is 5.43 Å². The standard InChI is InChI=1S/C22H29F3N2O2/c1-16-11-10-12-17(15-16)21(29)27-26-19-14-9-7-5-3-2-4-6-8-13-18(19)20(28)22(23,24)25/h10-12,15,26H,2-9,13-14H2,1H3,(H,27,29)/b19-18-. The lowest BCUT2D eigenvalue weighted by atomic mass is 9.96. The zero-order chi connectivity index (χ0) is 21.3. The van der Waals surface area contributed by atoms with E-state index in [1.54, 1.807) is 18.2 Å². The fourth-order valence-electron chi connectivity index (χ4n) is 3.52. The number of hydrogen-bond donors (Lipinski definition) is 2. The molecule has 0 atom stereocenters. The van der Waals surface area contributed by atoms with E-state index in [4.69, 9.17) is 0 Å². The van der Waals surface area contributed by atoms with Crippen molar-refractivity contribution in [1.29, 1.82) is 0 Å². The van der Waals surface area contributed by atoms with E-state index in [1.165, 1.54) is 0 Å². The number of nitrogens with one attached hydrogen (secondary N) is 2. The molecule has 0 radical (unpaired) electrons. The smallest absolute Gasteiger partial charge is 0.302 e. The highest BCUT2D eigenvalue weighted by Crippen LogP contribution is 2.28. The Labute approximate surface area is 169 Å². The molecule has 7 heteroatoms. The average Bonchev–Trinajstić information content (AvgIpc) is 2.66. The molecule has 0 bridgehead atoms. The molecule has 1 amide bonds. The first kappa shape index (κ1) is 23.0. The van der Waals surface area contributed by atoms with Crippen molar-refractivity contribution < 1.29 is 22.8 Å². The third-order valence-corrected chi connectivity index (χ3v) is 5.11. The van der Waals surface area contributed by atoms with Gasteiger partial charge >= 0.3 is 6.18 Å². The van der Waals surface area contributed by atoms with Crippen molar-refractivity contribution in [3.05, 3.63) is 46.7 Å². The summed E-state index contributed by atoms with van der Waals surface area (Å²) in [6, 6.07) is 6.90. The van der Waals surface area contributed by atoms with Crippen molar-refractivity contribution >= 4 is 11.7 Å². The fourth-order valence-corrected chi connectivity index (χ4v) is 3.52. The van der Waals surface area contributed by atoms with Crippen molar-refractivity contribution in [1.82, 2.24) is 10.9 Å². The molecule has 0 fully saturated rings. The van der Waals surface area contributed by atoms with Gasteiger partial charge in [0.2, 0.25) is 0 Å². The summed E-state index contributed by atoms with van der Waals surface area (Å²) in [6.07, 6.45) is 2.44. The molecule has 0 saturated carbocycles. The van der Waals surface area contributed by atoms with Gasteiger partial charge in [-0.25, -0.2) is 0 Å². The Morgan fingerprint density at radius 3 is 2.07 bits per heavy atom. The van der Waals surface area contributed by atoms with Crippen LogP contribution in [-0.4, -0.2) is 17.9 Å². The van der Waals surface area contributed by atoms with Crippen LogP contribution in [0.15, 0.2) is 35.5 Å². The van der Waals surface area contributed by atoms with E-state index in [1.807, 2.05) is 13.0 Å². The molecule has 4 nitrogen and oxygen atoms in total. The quantitative estimate of drug-likeness (QED) is 0.642. The van der Waals surface area contributed by atoms with Gasteiger partial charge in [0, 0.05) is 16.8 Å². The van der Waals surface area contributed by atoms with Crippen LogP contribution < -0.4 is 10.9 Å². The Balaban J connectivity index is 2.23. The van der Waals surface area contributed by atoms with Crippen LogP contribution in [0.4, 0.5) is 13.2 Å². The second-order valence-corrected chi connectivity index (χ2v) is 7.56. The maximum atomic E-state index is 13.2. The van der Waals surface area contributed by atoms with Gasteiger partial charge in [-0.1, -0.05) is 56.2 Å². The van der Waals surface area contributed by atoms with Crippen LogP contribution in [0.25, 0.3) is 0 Å². The Morgan fingerprint density at radius 1 is 0.897 bits per heavy atom. The van der Waals surface area contributed by atoms with Gasteiger partial charge in [-0.15, -0.1) is 0 Å². The molecule has 1 aliphatic carbocycles. The van der Waals surface area contributed by atoms with Gasteiger partial charge in [0.05, 0.1) is 0 Å². The molecule has 160 valence electrons. The van der Waals surface area contributed by atoms with Gasteiger partial charge in [-0.2, -0.15) is 13.2 Å². The fraction of sp³-hybridized carbons (Fsp3) is 0.545. The van der Waals surface area contributed by atoms with Crippen LogP contribution in [0, 0.1) is 6.92 Å². The number of Topliss-reactive ketones (excluding diaryl/α,β-unsaturated/α-hetero) is 1. The zero-order valence-electron chi connectivity index (χ0n) is 16.8. The zero-order valence-corrected chi connectivity index (χ0v) is 16.8. The lowest BCUT2D eigenvalue weighted by Gasteiger charge is -2.19. The van der Waals surface area contributed by atoms with Gasteiger partial charge in [-0.05, 0) is 44.7 Å². The molecule has 29 heavy (non-hydrogen) atoms. The van der Waals surface area contributed by atoms with Gasteiger partial charge in [0.15, 0.2) is 0 Å². The lowest BCUT2D eigenvalue weighted by Crippen LogP contribution is -2.39. The number of allylic oxidation sites excluding steroid dienone is 2. The highest BCUT2D eigenvalue weighted by molar-refractivity contribution is 6.00. The van der Waals surface area contributed by atoms with Crippen molar-refractivity contribution in [3.8, 4) is 0 Å². The highest BCUT2D eigenvalue weighted by Gasteiger charge is 2.41. The van der Waals surface area contributed by atoms with Gasteiger partial charge in [0.1, 0.15) is 0 Å². The van der Waals surface area contributed by atoms with E-state index in [-0.39, 0.29) is 17.7 Å². The largest absolute Gasteiger partial charge is 0.454 e. The average molecular weight is 410 g/mol. The van der Waals surface area contributed by atoms with E-state index in [0.717, 1.165) is 44.1 Å². The third kappa shape index (κ3) is 7.55. The van der Waals surface area contributed by atoms with E-state index in [9.17, 15) is 22.8 Å². The molecule has 2 N–H and O–H groups in total. The number of hydrazine groups is 1. The minimum absolute atomic E-state index is 0.0565. The number of ketones is 1.